The number of amides is 2. The molecular formula is C15H20N2O3. The number of anilines is 1. The molecule has 5 heteroatoms. The Balaban J connectivity index is 2.28. The van der Waals surface area contributed by atoms with Gasteiger partial charge in [-0.05, 0) is 30.2 Å². The van der Waals surface area contributed by atoms with Gasteiger partial charge in [0.05, 0.1) is 7.11 Å². The number of carbonyl (C=O) groups is 2. The maximum atomic E-state index is 12.6. The summed E-state index contributed by atoms with van der Waals surface area (Å²) in [5.41, 5.74) is 0.790. The molecule has 20 heavy (non-hydrogen) atoms. The van der Waals surface area contributed by atoms with E-state index >= 15 is 0 Å². The second-order valence-corrected chi connectivity index (χ2v) is 5.23. The zero-order valence-corrected chi connectivity index (χ0v) is 12.1. The van der Waals surface area contributed by atoms with Crippen LogP contribution in [0.15, 0.2) is 24.3 Å². The molecule has 1 heterocycles. The molecule has 2 amide bonds. The fourth-order valence-electron chi connectivity index (χ4n) is 2.27. The highest BCUT2D eigenvalue weighted by atomic mass is 16.5. The first kappa shape index (κ1) is 14.4. The highest BCUT2D eigenvalue weighted by Crippen LogP contribution is 2.22. The molecule has 2 rings (SSSR count). The smallest absolute Gasteiger partial charge is 0.249 e. The van der Waals surface area contributed by atoms with Crippen molar-refractivity contribution in [1.82, 2.24) is 5.32 Å². The summed E-state index contributed by atoms with van der Waals surface area (Å²) < 4.78 is 5.11. The Morgan fingerprint density at radius 1 is 1.25 bits per heavy atom. The number of nitrogens with zero attached hydrogens (tertiary/aromatic N) is 1. The zero-order valence-electron chi connectivity index (χ0n) is 12.1. The average Bonchev–Trinajstić information content (AvgIpc) is 2.59. The standard InChI is InChI=1S/C15H20N2O3/c1-10(2)14-15(19)17(9-8-13(18)16-14)11-4-6-12(20-3)7-5-11/h4-7,10,14H,8-9H2,1-3H3,(H,16,18). The third-order valence-electron chi connectivity index (χ3n) is 3.46. The molecule has 1 aliphatic heterocycles. The molecule has 1 N–H and O–H groups in total. The Morgan fingerprint density at radius 3 is 2.45 bits per heavy atom. The summed E-state index contributed by atoms with van der Waals surface area (Å²) in [6.45, 7) is 4.26. The largest absolute Gasteiger partial charge is 0.497 e. The lowest BCUT2D eigenvalue weighted by Crippen LogP contribution is -2.47. The molecule has 1 saturated heterocycles. The van der Waals surface area contributed by atoms with Crippen molar-refractivity contribution in [2.45, 2.75) is 26.3 Å². The summed E-state index contributed by atoms with van der Waals surface area (Å²) in [5, 5.41) is 2.80. The van der Waals surface area contributed by atoms with Crippen LogP contribution in [0.4, 0.5) is 5.69 Å². The van der Waals surface area contributed by atoms with Gasteiger partial charge < -0.3 is 15.0 Å². The van der Waals surface area contributed by atoms with Gasteiger partial charge in [0.25, 0.3) is 0 Å². The van der Waals surface area contributed by atoms with E-state index in [0.29, 0.717) is 13.0 Å². The second kappa shape index (κ2) is 5.94. The van der Waals surface area contributed by atoms with E-state index < -0.39 is 6.04 Å². The summed E-state index contributed by atoms with van der Waals surface area (Å²) in [7, 11) is 1.60. The van der Waals surface area contributed by atoms with Crippen LogP contribution in [0.1, 0.15) is 20.3 Å². The van der Waals surface area contributed by atoms with E-state index in [-0.39, 0.29) is 17.7 Å². The summed E-state index contributed by atoms with van der Waals surface area (Å²) in [4.78, 5) is 25.9. The predicted octanol–water partition coefficient (Wildman–Crippen LogP) is 1.57. The third kappa shape index (κ3) is 2.92. The topological polar surface area (TPSA) is 58.6 Å². The summed E-state index contributed by atoms with van der Waals surface area (Å²) >= 11 is 0. The van der Waals surface area contributed by atoms with Gasteiger partial charge >= 0.3 is 0 Å². The lowest BCUT2D eigenvalue weighted by Gasteiger charge is -2.26. The minimum absolute atomic E-state index is 0.0592. The van der Waals surface area contributed by atoms with Gasteiger partial charge in [0.15, 0.2) is 0 Å². The predicted molar refractivity (Wildman–Crippen MR) is 76.7 cm³/mol. The lowest BCUT2D eigenvalue weighted by molar-refractivity contribution is -0.126. The number of rotatable bonds is 3. The summed E-state index contributed by atoms with van der Waals surface area (Å²) in [5.74, 6) is 0.667. The fraction of sp³-hybridized carbons (Fsp3) is 0.467. The van der Waals surface area contributed by atoms with Crippen LogP contribution >= 0.6 is 0 Å². The number of benzene rings is 1. The molecule has 1 unspecified atom stereocenters. The molecule has 0 aliphatic carbocycles. The molecule has 1 aromatic rings. The van der Waals surface area contributed by atoms with Gasteiger partial charge in [-0.1, -0.05) is 13.8 Å². The summed E-state index contributed by atoms with van der Waals surface area (Å²) in [6, 6.07) is 6.83. The van der Waals surface area contributed by atoms with Crippen molar-refractivity contribution in [2.75, 3.05) is 18.6 Å². The molecule has 0 aromatic heterocycles. The van der Waals surface area contributed by atoms with Crippen LogP contribution in [0, 0.1) is 5.92 Å². The minimum atomic E-state index is -0.466. The molecule has 5 nitrogen and oxygen atoms in total. The number of nitrogens with one attached hydrogen (secondary N) is 1. The lowest BCUT2D eigenvalue weighted by atomic mass is 10.0. The monoisotopic (exact) mass is 276 g/mol. The van der Waals surface area contributed by atoms with Gasteiger partial charge in [0.1, 0.15) is 11.8 Å². The van der Waals surface area contributed by atoms with E-state index in [0.717, 1.165) is 11.4 Å². The Hall–Kier alpha value is -2.04. The van der Waals surface area contributed by atoms with Crippen LogP contribution in [0.5, 0.6) is 5.75 Å². The molecule has 1 aromatic carbocycles. The number of hydrogen-bond donors (Lipinski definition) is 1. The Labute approximate surface area is 118 Å². The summed E-state index contributed by atoms with van der Waals surface area (Å²) in [6.07, 6.45) is 0.320. The van der Waals surface area contributed by atoms with E-state index in [2.05, 4.69) is 5.32 Å². The van der Waals surface area contributed by atoms with Crippen LogP contribution in [0.25, 0.3) is 0 Å². The van der Waals surface area contributed by atoms with Crippen LogP contribution in [0.3, 0.4) is 0 Å². The molecule has 1 atom stereocenters. The van der Waals surface area contributed by atoms with Crippen molar-refractivity contribution in [2.24, 2.45) is 5.92 Å². The molecule has 108 valence electrons. The quantitative estimate of drug-likeness (QED) is 0.911. The number of carbonyl (C=O) groups excluding carboxylic acids is 2. The van der Waals surface area contributed by atoms with Gasteiger partial charge in [-0.2, -0.15) is 0 Å². The molecule has 0 radical (unpaired) electrons. The SMILES string of the molecule is COc1ccc(N2CCC(=O)NC(C(C)C)C2=O)cc1. The maximum Gasteiger partial charge on any atom is 0.249 e. The van der Waals surface area contributed by atoms with E-state index in [9.17, 15) is 9.59 Å². The minimum Gasteiger partial charge on any atom is -0.497 e. The molecule has 1 fully saturated rings. The highest BCUT2D eigenvalue weighted by Gasteiger charge is 2.32. The second-order valence-electron chi connectivity index (χ2n) is 5.23. The van der Waals surface area contributed by atoms with Crippen LogP contribution in [0.2, 0.25) is 0 Å². The average molecular weight is 276 g/mol. The van der Waals surface area contributed by atoms with Gasteiger partial charge in [0, 0.05) is 18.7 Å². The number of ether oxygens (including phenoxy) is 1. The van der Waals surface area contributed by atoms with E-state index in [1.165, 1.54) is 0 Å². The van der Waals surface area contributed by atoms with E-state index in [4.69, 9.17) is 4.74 Å². The van der Waals surface area contributed by atoms with Crippen LogP contribution < -0.4 is 15.0 Å². The Morgan fingerprint density at radius 2 is 1.90 bits per heavy atom. The van der Waals surface area contributed by atoms with Crippen molar-refractivity contribution in [3.05, 3.63) is 24.3 Å². The van der Waals surface area contributed by atoms with Crippen molar-refractivity contribution in [3.8, 4) is 5.75 Å². The number of hydrogen-bond acceptors (Lipinski definition) is 3. The van der Waals surface area contributed by atoms with Crippen molar-refractivity contribution in [3.63, 3.8) is 0 Å². The molecule has 0 bridgehead atoms. The Kier molecular flexibility index (Phi) is 4.27. The van der Waals surface area contributed by atoms with Crippen molar-refractivity contribution < 1.29 is 14.3 Å². The van der Waals surface area contributed by atoms with Crippen LogP contribution in [-0.4, -0.2) is 31.5 Å². The van der Waals surface area contributed by atoms with Crippen LogP contribution in [-0.2, 0) is 9.59 Å². The normalized spacial score (nSPS) is 19.8. The molecular weight excluding hydrogens is 256 g/mol. The highest BCUT2D eigenvalue weighted by molar-refractivity contribution is 6.01. The van der Waals surface area contributed by atoms with Gasteiger partial charge in [-0.3, -0.25) is 9.59 Å². The molecule has 0 saturated carbocycles. The maximum absolute atomic E-state index is 12.6. The van der Waals surface area contributed by atoms with E-state index in [1.807, 2.05) is 38.1 Å². The van der Waals surface area contributed by atoms with Crippen molar-refractivity contribution >= 4 is 17.5 Å². The third-order valence-corrected chi connectivity index (χ3v) is 3.46. The molecule has 0 spiro atoms. The van der Waals surface area contributed by atoms with Gasteiger partial charge in [0.2, 0.25) is 11.8 Å². The Bertz CT molecular complexity index is 496. The number of methoxy groups -OCH3 is 1. The van der Waals surface area contributed by atoms with Crippen molar-refractivity contribution in [1.29, 1.82) is 0 Å². The zero-order chi connectivity index (χ0) is 14.7. The fourth-order valence-corrected chi connectivity index (χ4v) is 2.27. The first-order valence-electron chi connectivity index (χ1n) is 6.77. The molecule has 1 aliphatic rings. The first-order chi connectivity index (χ1) is 9.52. The van der Waals surface area contributed by atoms with E-state index in [1.54, 1.807) is 12.0 Å². The van der Waals surface area contributed by atoms with Gasteiger partial charge in [-0.25, -0.2) is 0 Å². The van der Waals surface area contributed by atoms with Gasteiger partial charge in [-0.15, -0.1) is 0 Å². The first-order valence-corrected chi connectivity index (χ1v) is 6.77.